The number of hydrogen-bond acceptors (Lipinski definition) is 2. The molecule has 4 nitrogen and oxygen atoms in total. The highest BCUT2D eigenvalue weighted by molar-refractivity contribution is 5.98. The van der Waals surface area contributed by atoms with Gasteiger partial charge in [-0.25, -0.2) is 0 Å². The van der Waals surface area contributed by atoms with E-state index in [-0.39, 0.29) is 17.4 Å². The summed E-state index contributed by atoms with van der Waals surface area (Å²) in [6, 6.07) is 7.22. The molecule has 2 amide bonds. The van der Waals surface area contributed by atoms with Gasteiger partial charge in [-0.15, -0.1) is 0 Å². The first-order chi connectivity index (χ1) is 11.8. The van der Waals surface area contributed by atoms with E-state index in [9.17, 15) is 9.59 Å². The third kappa shape index (κ3) is 5.87. The van der Waals surface area contributed by atoms with Gasteiger partial charge in [0.25, 0.3) is 11.8 Å². The number of amides is 2. The Hall–Kier alpha value is -1.84. The van der Waals surface area contributed by atoms with Gasteiger partial charge >= 0.3 is 0 Å². The van der Waals surface area contributed by atoms with Crippen molar-refractivity contribution in [3.63, 3.8) is 0 Å². The molecule has 0 aliphatic heterocycles. The fourth-order valence-corrected chi connectivity index (χ4v) is 3.48. The van der Waals surface area contributed by atoms with Crippen LogP contribution in [0.3, 0.4) is 0 Å². The molecule has 25 heavy (non-hydrogen) atoms. The highest BCUT2D eigenvalue weighted by Gasteiger charge is 2.28. The normalized spacial score (nSPS) is 20.3. The molecule has 4 heteroatoms. The molecule has 2 N–H and O–H groups in total. The van der Waals surface area contributed by atoms with Crippen LogP contribution in [0.15, 0.2) is 24.3 Å². The summed E-state index contributed by atoms with van der Waals surface area (Å²) in [7, 11) is 0. The topological polar surface area (TPSA) is 58.2 Å². The van der Waals surface area contributed by atoms with E-state index < -0.39 is 0 Å². The molecule has 0 radical (unpaired) electrons. The highest BCUT2D eigenvalue weighted by Crippen LogP contribution is 2.30. The molecule has 1 aromatic rings. The molecule has 1 fully saturated rings. The second kappa shape index (κ2) is 8.50. The maximum Gasteiger partial charge on any atom is 0.251 e. The standard InChI is InChI=1S/C21H32N2O2/c1-5-6-8-15-9-7-10-18(15)22-19(24)16-11-13-17(14-12-16)20(25)23-21(2,3)4/h11-15,18H,5-10H2,1-4H3,(H,22,24)(H,23,25). The van der Waals surface area contributed by atoms with Crippen LogP contribution in [0, 0.1) is 5.92 Å². The lowest BCUT2D eigenvalue weighted by molar-refractivity contribution is 0.0910. The van der Waals surface area contributed by atoms with Crippen molar-refractivity contribution in [1.29, 1.82) is 0 Å². The smallest absolute Gasteiger partial charge is 0.251 e. The van der Waals surface area contributed by atoms with E-state index in [4.69, 9.17) is 0 Å². The summed E-state index contributed by atoms with van der Waals surface area (Å²) < 4.78 is 0. The third-order valence-corrected chi connectivity index (χ3v) is 4.80. The first-order valence-corrected chi connectivity index (χ1v) is 9.53. The Balaban J connectivity index is 1.95. The van der Waals surface area contributed by atoms with E-state index in [0.29, 0.717) is 23.1 Å². The summed E-state index contributed by atoms with van der Waals surface area (Å²) in [5.41, 5.74) is 0.921. The molecule has 1 aliphatic rings. The lowest BCUT2D eigenvalue weighted by Crippen LogP contribution is -2.40. The molecular formula is C21H32N2O2. The zero-order chi connectivity index (χ0) is 18.4. The second-order valence-corrected chi connectivity index (χ2v) is 8.19. The van der Waals surface area contributed by atoms with E-state index in [1.165, 1.54) is 32.1 Å². The van der Waals surface area contributed by atoms with Crippen LogP contribution in [0.4, 0.5) is 0 Å². The molecule has 2 unspecified atom stereocenters. The van der Waals surface area contributed by atoms with Crippen molar-refractivity contribution in [3.8, 4) is 0 Å². The average molecular weight is 344 g/mol. The Morgan fingerprint density at radius 2 is 1.64 bits per heavy atom. The molecule has 0 aromatic heterocycles. The Kier molecular flexibility index (Phi) is 6.63. The van der Waals surface area contributed by atoms with Gasteiger partial charge in [-0.2, -0.15) is 0 Å². The van der Waals surface area contributed by atoms with Crippen LogP contribution < -0.4 is 10.6 Å². The monoisotopic (exact) mass is 344 g/mol. The molecule has 0 saturated heterocycles. The minimum absolute atomic E-state index is 0.0313. The van der Waals surface area contributed by atoms with Crippen LogP contribution in [0.5, 0.6) is 0 Å². The lowest BCUT2D eigenvalue weighted by Gasteiger charge is -2.21. The van der Waals surface area contributed by atoms with Crippen LogP contribution >= 0.6 is 0 Å². The Bertz CT molecular complexity index is 587. The first kappa shape index (κ1) is 19.5. The van der Waals surface area contributed by atoms with Crippen molar-refractivity contribution in [1.82, 2.24) is 10.6 Å². The zero-order valence-corrected chi connectivity index (χ0v) is 16.0. The van der Waals surface area contributed by atoms with Gasteiger partial charge in [-0.3, -0.25) is 9.59 Å². The molecule has 2 atom stereocenters. The molecule has 0 spiro atoms. The molecule has 1 saturated carbocycles. The highest BCUT2D eigenvalue weighted by atomic mass is 16.2. The number of unbranched alkanes of at least 4 members (excludes halogenated alkanes) is 1. The van der Waals surface area contributed by atoms with Crippen molar-refractivity contribution in [2.75, 3.05) is 0 Å². The van der Waals surface area contributed by atoms with Gasteiger partial charge in [-0.05, 0) is 70.2 Å². The minimum atomic E-state index is -0.275. The third-order valence-electron chi connectivity index (χ3n) is 4.80. The average Bonchev–Trinajstić information content (AvgIpc) is 2.98. The van der Waals surface area contributed by atoms with Crippen molar-refractivity contribution in [2.24, 2.45) is 5.92 Å². The number of rotatable bonds is 6. The summed E-state index contributed by atoms with van der Waals surface area (Å²) in [4.78, 5) is 24.7. The van der Waals surface area contributed by atoms with Gasteiger partial charge < -0.3 is 10.6 Å². The van der Waals surface area contributed by atoms with Gasteiger partial charge in [-0.1, -0.05) is 26.2 Å². The Morgan fingerprint density at radius 1 is 1.04 bits per heavy atom. The van der Waals surface area contributed by atoms with Gasteiger partial charge in [0.05, 0.1) is 0 Å². The van der Waals surface area contributed by atoms with Gasteiger partial charge in [0, 0.05) is 22.7 Å². The van der Waals surface area contributed by atoms with Crippen molar-refractivity contribution < 1.29 is 9.59 Å². The SMILES string of the molecule is CCCCC1CCCC1NC(=O)c1ccc(C(=O)NC(C)(C)C)cc1. The van der Waals surface area contributed by atoms with E-state index >= 15 is 0 Å². The van der Waals surface area contributed by atoms with Crippen LogP contribution in [-0.4, -0.2) is 23.4 Å². The van der Waals surface area contributed by atoms with E-state index in [1.807, 2.05) is 20.8 Å². The van der Waals surface area contributed by atoms with Gasteiger partial charge in [0.2, 0.25) is 0 Å². The fourth-order valence-electron chi connectivity index (χ4n) is 3.48. The molecular weight excluding hydrogens is 312 g/mol. The first-order valence-electron chi connectivity index (χ1n) is 9.53. The molecule has 1 aromatic carbocycles. The van der Waals surface area contributed by atoms with E-state index in [2.05, 4.69) is 17.6 Å². The molecule has 2 rings (SSSR count). The largest absolute Gasteiger partial charge is 0.349 e. The molecule has 0 heterocycles. The van der Waals surface area contributed by atoms with Crippen molar-refractivity contribution in [2.45, 2.75) is 77.8 Å². The summed E-state index contributed by atoms with van der Waals surface area (Å²) in [6.45, 7) is 8.05. The predicted octanol–water partition coefficient (Wildman–Crippen LogP) is 4.30. The maximum absolute atomic E-state index is 12.5. The minimum Gasteiger partial charge on any atom is -0.349 e. The van der Waals surface area contributed by atoms with E-state index in [0.717, 1.165) is 6.42 Å². The van der Waals surface area contributed by atoms with Crippen LogP contribution in [0.2, 0.25) is 0 Å². The van der Waals surface area contributed by atoms with Crippen LogP contribution in [-0.2, 0) is 0 Å². The number of carbonyl (C=O) groups excluding carboxylic acids is 2. The Morgan fingerprint density at radius 3 is 2.20 bits per heavy atom. The van der Waals surface area contributed by atoms with Crippen LogP contribution in [0.25, 0.3) is 0 Å². The van der Waals surface area contributed by atoms with Crippen molar-refractivity contribution >= 4 is 11.8 Å². The number of benzene rings is 1. The quantitative estimate of drug-likeness (QED) is 0.808. The summed E-state index contributed by atoms with van der Waals surface area (Å²) in [6.07, 6.45) is 7.13. The van der Waals surface area contributed by atoms with Gasteiger partial charge in [0.15, 0.2) is 0 Å². The predicted molar refractivity (Wildman–Crippen MR) is 102 cm³/mol. The summed E-state index contributed by atoms with van der Waals surface area (Å²) in [5.74, 6) is 0.465. The van der Waals surface area contributed by atoms with Crippen molar-refractivity contribution in [3.05, 3.63) is 35.4 Å². The number of hydrogen-bond donors (Lipinski definition) is 2. The second-order valence-electron chi connectivity index (χ2n) is 8.19. The molecule has 0 bridgehead atoms. The number of carbonyl (C=O) groups is 2. The zero-order valence-electron chi connectivity index (χ0n) is 16.0. The summed E-state index contributed by atoms with van der Waals surface area (Å²) in [5, 5.41) is 6.13. The number of nitrogens with one attached hydrogen (secondary N) is 2. The van der Waals surface area contributed by atoms with E-state index in [1.54, 1.807) is 24.3 Å². The molecule has 1 aliphatic carbocycles. The Labute approximate surface area is 151 Å². The lowest BCUT2D eigenvalue weighted by atomic mass is 9.96. The molecule has 138 valence electrons. The van der Waals surface area contributed by atoms with Crippen LogP contribution in [0.1, 0.15) is 86.9 Å². The van der Waals surface area contributed by atoms with Gasteiger partial charge in [0.1, 0.15) is 0 Å². The maximum atomic E-state index is 12.5. The fraction of sp³-hybridized carbons (Fsp3) is 0.619. The summed E-state index contributed by atoms with van der Waals surface area (Å²) >= 11 is 0.